The Labute approximate surface area is 72.0 Å². The maximum Gasteiger partial charge on any atom is 0.508 e. The molecule has 7 heteroatoms. The van der Waals surface area contributed by atoms with Crippen LogP contribution in [0, 0.1) is 0 Å². The monoisotopic (exact) mass is 191 g/mol. The molecule has 3 nitrogen and oxygen atoms in total. The third-order valence-electron chi connectivity index (χ3n) is 1.33. The highest BCUT2D eigenvalue weighted by atomic mass is 19.4. The predicted octanol–water partition coefficient (Wildman–Crippen LogP) is -0.220. The highest BCUT2D eigenvalue weighted by Gasteiger charge is 2.33. The fourth-order valence-corrected chi connectivity index (χ4v) is 0.753. The van der Waals surface area contributed by atoms with Crippen LogP contribution in [-0.4, -0.2) is 22.2 Å². The van der Waals surface area contributed by atoms with Crippen molar-refractivity contribution in [2.45, 2.75) is 6.18 Å². The maximum absolute atomic E-state index is 12.0. The first-order valence-corrected chi connectivity index (χ1v) is 3.31. The Morgan fingerprint density at radius 3 is 2.31 bits per heavy atom. The van der Waals surface area contributed by atoms with Gasteiger partial charge in [-0.2, -0.15) is 13.2 Å². The van der Waals surface area contributed by atoms with Crippen LogP contribution in [0.25, 0.3) is 0 Å². The molecular formula is C6H5BF3NO2. The van der Waals surface area contributed by atoms with Crippen LogP contribution in [-0.2, 0) is 6.18 Å². The van der Waals surface area contributed by atoms with E-state index in [-0.39, 0.29) is 0 Å². The summed E-state index contributed by atoms with van der Waals surface area (Å²) >= 11 is 0. The lowest BCUT2D eigenvalue weighted by molar-refractivity contribution is -0.141. The Hall–Kier alpha value is -1.08. The van der Waals surface area contributed by atoms with E-state index in [0.29, 0.717) is 0 Å². The zero-order valence-corrected chi connectivity index (χ0v) is 6.28. The molecule has 1 heterocycles. The number of nitrogens with zero attached hydrogens (tertiary/aromatic N) is 1. The van der Waals surface area contributed by atoms with Gasteiger partial charge < -0.3 is 10.0 Å². The van der Waals surface area contributed by atoms with Gasteiger partial charge in [-0.1, -0.05) is 6.07 Å². The lowest BCUT2D eigenvalue weighted by Gasteiger charge is -2.06. The van der Waals surface area contributed by atoms with Crippen LogP contribution in [0.5, 0.6) is 0 Å². The van der Waals surface area contributed by atoms with Crippen LogP contribution in [0.1, 0.15) is 5.69 Å². The quantitative estimate of drug-likeness (QED) is 0.603. The van der Waals surface area contributed by atoms with Gasteiger partial charge in [0.1, 0.15) is 5.69 Å². The molecule has 0 aliphatic heterocycles. The number of pyridine rings is 1. The van der Waals surface area contributed by atoms with Crippen molar-refractivity contribution in [2.24, 2.45) is 0 Å². The summed E-state index contributed by atoms with van der Waals surface area (Å²) < 4.78 is 36.0. The van der Waals surface area contributed by atoms with Crippen molar-refractivity contribution in [1.29, 1.82) is 0 Å². The highest BCUT2D eigenvalue weighted by molar-refractivity contribution is 6.57. The zero-order chi connectivity index (χ0) is 10.1. The third kappa shape index (κ3) is 2.43. The first kappa shape index (κ1) is 10.0. The summed E-state index contributed by atoms with van der Waals surface area (Å²) in [5, 5.41) is 17.1. The number of aromatic nitrogens is 1. The van der Waals surface area contributed by atoms with Crippen molar-refractivity contribution in [3.05, 3.63) is 23.9 Å². The Balaban J connectivity index is 3.06. The van der Waals surface area contributed by atoms with Gasteiger partial charge in [-0.05, 0) is 12.1 Å². The molecule has 1 aromatic rings. The van der Waals surface area contributed by atoms with Gasteiger partial charge in [0.2, 0.25) is 0 Å². The molecular weight excluding hydrogens is 186 g/mol. The van der Waals surface area contributed by atoms with Crippen LogP contribution in [0.4, 0.5) is 13.2 Å². The summed E-state index contributed by atoms with van der Waals surface area (Å²) in [6.07, 6.45) is -4.56. The molecule has 0 atom stereocenters. The van der Waals surface area contributed by atoms with E-state index in [1.165, 1.54) is 0 Å². The lowest BCUT2D eigenvalue weighted by atomic mass is 9.85. The molecule has 0 saturated carbocycles. The molecule has 1 rings (SSSR count). The smallest absolute Gasteiger partial charge is 0.422 e. The van der Waals surface area contributed by atoms with Crippen LogP contribution in [0.2, 0.25) is 0 Å². The van der Waals surface area contributed by atoms with E-state index in [2.05, 4.69) is 4.98 Å². The van der Waals surface area contributed by atoms with Crippen molar-refractivity contribution in [3.63, 3.8) is 0 Å². The summed E-state index contributed by atoms with van der Waals surface area (Å²) in [6.45, 7) is 0. The molecule has 70 valence electrons. The Bertz CT molecular complexity index is 302. The Kier molecular flexibility index (Phi) is 2.58. The Morgan fingerprint density at radius 2 is 1.85 bits per heavy atom. The Morgan fingerprint density at radius 1 is 1.23 bits per heavy atom. The largest absolute Gasteiger partial charge is 0.508 e. The summed E-state index contributed by atoms with van der Waals surface area (Å²) in [6, 6.07) is 2.91. The van der Waals surface area contributed by atoms with Crippen LogP contribution < -0.4 is 5.59 Å². The topological polar surface area (TPSA) is 53.4 Å². The molecule has 0 aliphatic rings. The normalized spacial score (nSPS) is 11.5. The number of halogens is 3. The number of alkyl halides is 3. The van der Waals surface area contributed by atoms with Crippen molar-refractivity contribution >= 4 is 12.7 Å². The van der Waals surface area contributed by atoms with Crippen LogP contribution >= 0.6 is 0 Å². The van der Waals surface area contributed by atoms with Gasteiger partial charge in [-0.3, -0.25) is 4.98 Å². The van der Waals surface area contributed by atoms with E-state index in [0.717, 1.165) is 18.2 Å². The minimum Gasteiger partial charge on any atom is -0.422 e. The van der Waals surface area contributed by atoms with Crippen LogP contribution in [0.15, 0.2) is 18.2 Å². The van der Waals surface area contributed by atoms with Gasteiger partial charge in [0, 0.05) is 0 Å². The first-order valence-electron chi connectivity index (χ1n) is 3.31. The summed E-state index contributed by atoms with van der Waals surface area (Å²) in [4.78, 5) is 3.02. The first-order chi connectivity index (χ1) is 5.91. The lowest BCUT2D eigenvalue weighted by Crippen LogP contribution is -2.34. The van der Waals surface area contributed by atoms with E-state index in [1.807, 2.05) is 0 Å². The van der Waals surface area contributed by atoms with Gasteiger partial charge in [-0.15, -0.1) is 0 Å². The number of hydrogen-bond acceptors (Lipinski definition) is 3. The fraction of sp³-hybridized carbons (Fsp3) is 0.167. The molecule has 0 radical (unpaired) electrons. The third-order valence-corrected chi connectivity index (χ3v) is 1.33. The molecule has 13 heavy (non-hydrogen) atoms. The second kappa shape index (κ2) is 3.35. The maximum atomic E-state index is 12.0. The molecule has 0 aliphatic carbocycles. The number of hydrogen-bond donors (Lipinski definition) is 2. The number of rotatable bonds is 1. The standard InChI is InChI=1S/C6H5BF3NO2/c8-6(9,10)4-2-1-3-5(11-4)7(12)13/h1-3,12-13H. The average Bonchev–Trinajstić information content (AvgIpc) is 2.03. The van der Waals surface area contributed by atoms with Crippen molar-refractivity contribution in [2.75, 3.05) is 0 Å². The second-order valence-electron chi connectivity index (χ2n) is 2.32. The van der Waals surface area contributed by atoms with Crippen molar-refractivity contribution < 1.29 is 23.2 Å². The average molecular weight is 191 g/mol. The van der Waals surface area contributed by atoms with Crippen molar-refractivity contribution in [3.8, 4) is 0 Å². The molecule has 0 amide bonds. The zero-order valence-electron chi connectivity index (χ0n) is 6.28. The molecule has 0 spiro atoms. The van der Waals surface area contributed by atoms with Gasteiger partial charge in [0.25, 0.3) is 0 Å². The van der Waals surface area contributed by atoms with Gasteiger partial charge in [0.05, 0.1) is 5.59 Å². The summed E-state index contributed by atoms with van der Waals surface area (Å²) in [5.74, 6) is 0. The summed E-state index contributed by atoms with van der Waals surface area (Å²) in [5.41, 5.74) is -1.56. The van der Waals surface area contributed by atoms with E-state index in [4.69, 9.17) is 10.0 Å². The van der Waals surface area contributed by atoms with Gasteiger partial charge >= 0.3 is 13.3 Å². The molecule has 0 fully saturated rings. The fourth-order valence-electron chi connectivity index (χ4n) is 0.753. The SMILES string of the molecule is OB(O)c1cccc(C(F)(F)F)n1. The van der Waals surface area contributed by atoms with E-state index >= 15 is 0 Å². The highest BCUT2D eigenvalue weighted by Crippen LogP contribution is 2.26. The molecule has 0 unspecified atom stereocenters. The van der Waals surface area contributed by atoms with Gasteiger partial charge in [-0.25, -0.2) is 0 Å². The second-order valence-corrected chi connectivity index (χ2v) is 2.32. The molecule has 0 aromatic carbocycles. The molecule has 0 bridgehead atoms. The van der Waals surface area contributed by atoms with E-state index in [1.54, 1.807) is 0 Å². The van der Waals surface area contributed by atoms with Gasteiger partial charge in [0.15, 0.2) is 0 Å². The predicted molar refractivity (Wildman–Crippen MR) is 39.1 cm³/mol. The molecule has 0 saturated heterocycles. The van der Waals surface area contributed by atoms with Crippen molar-refractivity contribution in [1.82, 2.24) is 4.98 Å². The summed E-state index contributed by atoms with van der Waals surface area (Å²) in [7, 11) is -1.98. The van der Waals surface area contributed by atoms with E-state index < -0.39 is 24.6 Å². The molecule has 2 N–H and O–H groups in total. The minimum absolute atomic E-state index is 0.421. The minimum atomic E-state index is -4.56. The van der Waals surface area contributed by atoms with E-state index in [9.17, 15) is 13.2 Å². The molecule has 1 aromatic heterocycles. The van der Waals surface area contributed by atoms with Crippen LogP contribution in [0.3, 0.4) is 0 Å².